The highest BCUT2D eigenvalue weighted by Crippen LogP contribution is 2.56. The van der Waals surface area contributed by atoms with Crippen LogP contribution in [0.15, 0.2) is 0 Å². The predicted molar refractivity (Wildman–Crippen MR) is 73.5 cm³/mol. The van der Waals surface area contributed by atoms with Gasteiger partial charge in [0.1, 0.15) is 0 Å². The van der Waals surface area contributed by atoms with Crippen molar-refractivity contribution in [2.24, 2.45) is 23.5 Å². The number of likely N-dealkylation sites (tertiary alicyclic amines) is 1. The molecule has 2 unspecified atom stereocenters. The van der Waals surface area contributed by atoms with Gasteiger partial charge in [0, 0.05) is 25.6 Å². The molecule has 3 fully saturated rings. The van der Waals surface area contributed by atoms with Crippen LogP contribution in [0.3, 0.4) is 0 Å². The highest BCUT2D eigenvalue weighted by atomic mass is 16.5. The van der Waals surface area contributed by atoms with E-state index >= 15 is 0 Å². The molecular weight excluding hydrogens is 240 g/mol. The fourth-order valence-corrected chi connectivity index (χ4v) is 4.05. The third kappa shape index (κ3) is 2.79. The van der Waals surface area contributed by atoms with Crippen molar-refractivity contribution in [3.05, 3.63) is 0 Å². The summed E-state index contributed by atoms with van der Waals surface area (Å²) in [5.41, 5.74) is 5.45. The number of fused-ring (bicyclic) bond motifs is 1. The zero-order chi connectivity index (χ0) is 13.2. The number of rotatable bonds is 4. The van der Waals surface area contributed by atoms with Crippen molar-refractivity contribution in [1.82, 2.24) is 4.90 Å². The number of amides is 1. The lowest BCUT2D eigenvalue weighted by Gasteiger charge is -2.32. The first-order valence-electron chi connectivity index (χ1n) is 7.91. The van der Waals surface area contributed by atoms with E-state index in [1.54, 1.807) is 0 Å². The Hall–Kier alpha value is -0.610. The lowest BCUT2D eigenvalue weighted by Crippen LogP contribution is -2.42. The summed E-state index contributed by atoms with van der Waals surface area (Å²) >= 11 is 0. The zero-order valence-electron chi connectivity index (χ0n) is 11.7. The molecule has 1 heterocycles. The second kappa shape index (κ2) is 5.80. The van der Waals surface area contributed by atoms with Crippen molar-refractivity contribution in [1.29, 1.82) is 0 Å². The Bertz CT molecular complexity index is 314. The molecule has 3 aliphatic rings. The van der Waals surface area contributed by atoms with Crippen LogP contribution in [-0.2, 0) is 9.53 Å². The van der Waals surface area contributed by atoms with E-state index in [0.717, 1.165) is 37.8 Å². The van der Waals surface area contributed by atoms with Gasteiger partial charge >= 0.3 is 0 Å². The van der Waals surface area contributed by atoms with Gasteiger partial charge in [0.2, 0.25) is 5.91 Å². The summed E-state index contributed by atoms with van der Waals surface area (Å²) in [6.07, 6.45) is 7.52. The Morgan fingerprint density at radius 1 is 1.11 bits per heavy atom. The minimum absolute atomic E-state index is 0.314. The number of hydrogen-bond donors (Lipinski definition) is 1. The molecular formula is C15H26N2O2. The van der Waals surface area contributed by atoms with Crippen LogP contribution in [0.4, 0.5) is 0 Å². The maximum absolute atomic E-state index is 12.5. The highest BCUT2D eigenvalue weighted by molar-refractivity contribution is 5.82. The molecule has 2 aliphatic carbocycles. The van der Waals surface area contributed by atoms with Crippen molar-refractivity contribution < 1.29 is 9.53 Å². The van der Waals surface area contributed by atoms with Gasteiger partial charge in [0.25, 0.3) is 0 Å². The average Bonchev–Trinajstić information content (AvgIpc) is 3.19. The smallest absolute Gasteiger partial charge is 0.226 e. The first-order chi connectivity index (χ1) is 9.31. The summed E-state index contributed by atoms with van der Waals surface area (Å²) < 4.78 is 5.67. The standard InChI is InChI=1S/C15H26N2O2/c16-7-10-19-11-5-8-17(9-6-11)15(18)14-12-3-1-2-4-13(12)14/h11-14H,1-10,16H2. The molecule has 0 aromatic heterocycles. The molecule has 4 nitrogen and oxygen atoms in total. The van der Waals surface area contributed by atoms with E-state index in [4.69, 9.17) is 10.5 Å². The van der Waals surface area contributed by atoms with Crippen molar-refractivity contribution in [3.8, 4) is 0 Å². The van der Waals surface area contributed by atoms with E-state index < -0.39 is 0 Å². The normalized spacial score (nSPS) is 35.0. The van der Waals surface area contributed by atoms with E-state index in [-0.39, 0.29) is 0 Å². The van der Waals surface area contributed by atoms with Crippen molar-refractivity contribution >= 4 is 5.91 Å². The number of nitrogens with two attached hydrogens (primary N) is 1. The van der Waals surface area contributed by atoms with Crippen LogP contribution < -0.4 is 5.73 Å². The second-order valence-corrected chi connectivity index (χ2v) is 6.32. The number of hydrogen-bond acceptors (Lipinski definition) is 3. The summed E-state index contributed by atoms with van der Waals surface area (Å²) in [5.74, 6) is 2.28. The van der Waals surface area contributed by atoms with E-state index in [2.05, 4.69) is 4.90 Å². The summed E-state index contributed by atoms with van der Waals surface area (Å²) in [5, 5.41) is 0. The van der Waals surface area contributed by atoms with Gasteiger partial charge in [-0.15, -0.1) is 0 Å². The fraction of sp³-hybridized carbons (Fsp3) is 0.933. The van der Waals surface area contributed by atoms with Crippen LogP contribution in [0, 0.1) is 17.8 Å². The van der Waals surface area contributed by atoms with Crippen LogP contribution in [0.5, 0.6) is 0 Å². The van der Waals surface area contributed by atoms with E-state index in [1.165, 1.54) is 25.7 Å². The van der Waals surface area contributed by atoms with Crippen molar-refractivity contribution in [2.45, 2.75) is 44.6 Å². The summed E-state index contributed by atoms with van der Waals surface area (Å²) in [6.45, 7) is 2.99. The minimum atomic E-state index is 0.314. The SMILES string of the molecule is NCCOC1CCN(C(=O)C2C3CCCCC32)CC1. The molecule has 0 aromatic rings. The van der Waals surface area contributed by atoms with E-state index in [0.29, 0.717) is 31.1 Å². The van der Waals surface area contributed by atoms with Gasteiger partial charge in [-0.1, -0.05) is 12.8 Å². The number of ether oxygens (including phenoxy) is 1. The topological polar surface area (TPSA) is 55.6 Å². The molecule has 0 radical (unpaired) electrons. The van der Waals surface area contributed by atoms with Gasteiger partial charge in [-0.2, -0.15) is 0 Å². The lowest BCUT2D eigenvalue weighted by atomic mass is 10.0. The molecule has 1 saturated heterocycles. The zero-order valence-corrected chi connectivity index (χ0v) is 11.7. The lowest BCUT2D eigenvalue weighted by molar-refractivity contribution is -0.135. The molecule has 0 spiro atoms. The Labute approximate surface area is 115 Å². The van der Waals surface area contributed by atoms with Crippen molar-refractivity contribution in [2.75, 3.05) is 26.2 Å². The molecule has 1 amide bonds. The molecule has 1 aliphatic heterocycles. The molecule has 2 saturated carbocycles. The molecule has 108 valence electrons. The fourth-order valence-electron chi connectivity index (χ4n) is 4.05. The van der Waals surface area contributed by atoms with Gasteiger partial charge in [0.15, 0.2) is 0 Å². The molecule has 2 atom stereocenters. The van der Waals surface area contributed by atoms with Crippen molar-refractivity contribution in [3.63, 3.8) is 0 Å². The maximum Gasteiger partial charge on any atom is 0.226 e. The minimum Gasteiger partial charge on any atom is -0.377 e. The molecule has 2 N–H and O–H groups in total. The summed E-state index contributed by atoms with van der Waals surface area (Å²) in [7, 11) is 0. The van der Waals surface area contributed by atoms with Gasteiger partial charge in [0.05, 0.1) is 12.7 Å². The first-order valence-corrected chi connectivity index (χ1v) is 7.91. The van der Waals surface area contributed by atoms with Crippen LogP contribution in [0.1, 0.15) is 38.5 Å². The van der Waals surface area contributed by atoms with Gasteiger partial charge in [-0.05, 0) is 37.5 Å². The Morgan fingerprint density at radius 3 is 2.32 bits per heavy atom. The first kappa shape index (κ1) is 13.4. The molecule has 0 bridgehead atoms. The predicted octanol–water partition coefficient (Wildman–Crippen LogP) is 1.39. The van der Waals surface area contributed by atoms with Crippen LogP contribution in [0.2, 0.25) is 0 Å². The van der Waals surface area contributed by atoms with Crippen LogP contribution in [-0.4, -0.2) is 43.2 Å². The molecule has 3 rings (SSSR count). The quantitative estimate of drug-likeness (QED) is 0.836. The van der Waals surface area contributed by atoms with Gasteiger partial charge < -0.3 is 15.4 Å². The monoisotopic (exact) mass is 266 g/mol. The largest absolute Gasteiger partial charge is 0.377 e. The number of nitrogens with zero attached hydrogens (tertiary/aromatic N) is 1. The maximum atomic E-state index is 12.5. The number of carbonyl (C=O) groups excluding carboxylic acids is 1. The van der Waals surface area contributed by atoms with E-state index in [9.17, 15) is 4.79 Å². The summed E-state index contributed by atoms with van der Waals surface area (Å²) in [4.78, 5) is 14.6. The molecule has 4 heteroatoms. The third-order valence-electron chi connectivity index (χ3n) is 5.17. The van der Waals surface area contributed by atoms with Gasteiger partial charge in [-0.3, -0.25) is 4.79 Å². The van der Waals surface area contributed by atoms with E-state index in [1.807, 2.05) is 0 Å². The highest BCUT2D eigenvalue weighted by Gasteiger charge is 2.55. The Morgan fingerprint density at radius 2 is 1.74 bits per heavy atom. The van der Waals surface area contributed by atoms with Crippen LogP contribution in [0.25, 0.3) is 0 Å². The second-order valence-electron chi connectivity index (χ2n) is 6.32. The number of piperidine rings is 1. The molecule has 19 heavy (non-hydrogen) atoms. The molecule has 0 aromatic carbocycles. The Kier molecular flexibility index (Phi) is 4.08. The Balaban J connectivity index is 1.45. The summed E-state index contributed by atoms with van der Waals surface area (Å²) in [6, 6.07) is 0. The van der Waals surface area contributed by atoms with Crippen LogP contribution >= 0.6 is 0 Å². The van der Waals surface area contributed by atoms with Gasteiger partial charge in [-0.25, -0.2) is 0 Å². The third-order valence-corrected chi connectivity index (χ3v) is 5.17. The number of carbonyl (C=O) groups is 1. The average molecular weight is 266 g/mol.